The van der Waals surface area contributed by atoms with E-state index in [2.05, 4.69) is 48.3 Å². The van der Waals surface area contributed by atoms with E-state index < -0.39 is 0 Å². The van der Waals surface area contributed by atoms with E-state index in [1.54, 1.807) is 0 Å². The van der Waals surface area contributed by atoms with Crippen molar-refractivity contribution in [3.05, 3.63) is 16.4 Å². The molecule has 2 saturated heterocycles. The van der Waals surface area contributed by atoms with Gasteiger partial charge in [0.2, 0.25) is 11.6 Å². The predicted octanol–water partition coefficient (Wildman–Crippen LogP) is 1.94. The van der Waals surface area contributed by atoms with Crippen LogP contribution in [-0.4, -0.2) is 58.3 Å². The molecule has 2 aliphatic rings. The van der Waals surface area contributed by atoms with Gasteiger partial charge in [0, 0.05) is 30.2 Å². The van der Waals surface area contributed by atoms with Gasteiger partial charge < -0.3 is 20.3 Å². The second-order valence-corrected chi connectivity index (χ2v) is 8.39. The van der Waals surface area contributed by atoms with E-state index in [1.165, 1.54) is 6.33 Å². The normalized spacial score (nSPS) is 22.8. The Hall–Kier alpha value is -2.00. The number of ether oxygens (including phenoxy) is 1. The third-order valence-electron chi connectivity index (χ3n) is 4.83. The van der Waals surface area contributed by atoms with E-state index >= 15 is 0 Å². The SMILES string of the molecule is CC1(C)CC(Nc2ncnc(N3CCOCC3)c2[N+](=O)[O-])CC(C)(C)N1. The summed E-state index contributed by atoms with van der Waals surface area (Å²) in [4.78, 5) is 21.7. The molecule has 0 aliphatic carbocycles. The molecular formula is C17H28N6O3. The van der Waals surface area contributed by atoms with Crippen LogP contribution in [0.3, 0.4) is 0 Å². The van der Waals surface area contributed by atoms with Crippen LogP contribution in [0.25, 0.3) is 0 Å². The maximum atomic E-state index is 11.8. The van der Waals surface area contributed by atoms with E-state index in [0.29, 0.717) is 37.9 Å². The lowest BCUT2D eigenvalue weighted by molar-refractivity contribution is -0.383. The molecule has 0 radical (unpaired) electrons. The zero-order chi connectivity index (χ0) is 18.9. The minimum Gasteiger partial charge on any atom is -0.378 e. The summed E-state index contributed by atoms with van der Waals surface area (Å²) in [5, 5.41) is 18.7. The van der Waals surface area contributed by atoms with Crippen molar-refractivity contribution in [3.8, 4) is 0 Å². The Morgan fingerprint density at radius 1 is 1.23 bits per heavy atom. The molecule has 26 heavy (non-hydrogen) atoms. The van der Waals surface area contributed by atoms with Crippen LogP contribution < -0.4 is 15.5 Å². The molecule has 144 valence electrons. The summed E-state index contributed by atoms with van der Waals surface area (Å²) in [6, 6.07) is 0.0902. The smallest absolute Gasteiger partial charge is 0.353 e. The van der Waals surface area contributed by atoms with E-state index in [9.17, 15) is 10.1 Å². The van der Waals surface area contributed by atoms with Crippen molar-refractivity contribution in [3.63, 3.8) is 0 Å². The Labute approximate surface area is 153 Å². The van der Waals surface area contributed by atoms with Gasteiger partial charge in [-0.3, -0.25) is 10.1 Å². The molecule has 0 bridgehead atoms. The summed E-state index contributed by atoms with van der Waals surface area (Å²) < 4.78 is 5.34. The lowest BCUT2D eigenvalue weighted by Crippen LogP contribution is -2.60. The van der Waals surface area contributed by atoms with E-state index in [1.807, 2.05) is 4.90 Å². The number of piperidine rings is 1. The monoisotopic (exact) mass is 364 g/mol. The largest absolute Gasteiger partial charge is 0.378 e. The lowest BCUT2D eigenvalue weighted by atomic mass is 9.79. The van der Waals surface area contributed by atoms with Gasteiger partial charge in [-0.1, -0.05) is 0 Å². The fraction of sp³-hybridized carbons (Fsp3) is 0.765. The van der Waals surface area contributed by atoms with Crippen LogP contribution in [0.4, 0.5) is 17.3 Å². The molecule has 9 nitrogen and oxygen atoms in total. The number of hydrogen-bond acceptors (Lipinski definition) is 8. The first kappa shape index (κ1) is 18.8. The molecule has 0 amide bonds. The van der Waals surface area contributed by atoms with Gasteiger partial charge >= 0.3 is 5.69 Å². The molecule has 9 heteroatoms. The van der Waals surface area contributed by atoms with Crippen molar-refractivity contribution in [2.45, 2.75) is 57.7 Å². The van der Waals surface area contributed by atoms with Crippen molar-refractivity contribution in [2.24, 2.45) is 0 Å². The molecule has 3 rings (SSSR count). The topological polar surface area (TPSA) is 105 Å². The summed E-state index contributed by atoms with van der Waals surface area (Å²) in [5.74, 6) is 0.660. The first-order valence-corrected chi connectivity index (χ1v) is 9.05. The molecular weight excluding hydrogens is 336 g/mol. The Bertz CT molecular complexity index is 656. The van der Waals surface area contributed by atoms with Crippen LogP contribution in [0, 0.1) is 10.1 Å². The highest BCUT2D eigenvalue weighted by atomic mass is 16.6. The van der Waals surface area contributed by atoms with Crippen molar-refractivity contribution in [1.29, 1.82) is 0 Å². The summed E-state index contributed by atoms with van der Waals surface area (Å²) in [7, 11) is 0. The van der Waals surface area contributed by atoms with E-state index in [0.717, 1.165) is 12.8 Å². The number of anilines is 2. The van der Waals surface area contributed by atoms with Gasteiger partial charge in [-0.15, -0.1) is 0 Å². The molecule has 0 spiro atoms. The first-order valence-electron chi connectivity index (χ1n) is 9.05. The molecule has 0 saturated carbocycles. The number of nitrogens with one attached hydrogen (secondary N) is 2. The molecule has 1 aromatic heterocycles. The van der Waals surface area contributed by atoms with Crippen molar-refractivity contribution < 1.29 is 9.66 Å². The minimum atomic E-state index is -0.384. The number of morpholine rings is 1. The molecule has 2 fully saturated rings. The molecule has 0 aromatic carbocycles. The highest BCUT2D eigenvalue weighted by Crippen LogP contribution is 2.35. The van der Waals surface area contributed by atoms with Crippen LogP contribution in [0.5, 0.6) is 0 Å². The molecule has 0 atom stereocenters. The van der Waals surface area contributed by atoms with Crippen LogP contribution in [0.15, 0.2) is 6.33 Å². The Kier molecular flexibility index (Phi) is 5.03. The summed E-state index contributed by atoms with van der Waals surface area (Å²) in [5.41, 5.74) is -0.175. The van der Waals surface area contributed by atoms with Gasteiger partial charge in [-0.05, 0) is 40.5 Å². The van der Waals surface area contributed by atoms with Crippen LogP contribution in [0.1, 0.15) is 40.5 Å². The van der Waals surface area contributed by atoms with Crippen LogP contribution in [-0.2, 0) is 4.74 Å². The Morgan fingerprint density at radius 3 is 2.42 bits per heavy atom. The van der Waals surface area contributed by atoms with E-state index in [4.69, 9.17) is 4.74 Å². The van der Waals surface area contributed by atoms with Crippen LogP contribution >= 0.6 is 0 Å². The second kappa shape index (κ2) is 6.96. The molecule has 2 N–H and O–H groups in total. The standard InChI is InChI=1S/C17H28N6O3/c1-16(2)9-12(10-17(3,4)21-16)20-14-13(23(24)25)15(19-11-18-14)22-5-7-26-8-6-22/h11-12,21H,5-10H2,1-4H3,(H,18,19,20). The van der Waals surface area contributed by atoms with Crippen molar-refractivity contribution >= 4 is 17.3 Å². The Balaban J connectivity index is 1.88. The third-order valence-corrected chi connectivity index (χ3v) is 4.83. The van der Waals surface area contributed by atoms with Gasteiger partial charge in [-0.25, -0.2) is 9.97 Å². The summed E-state index contributed by atoms with van der Waals surface area (Å²) in [6.45, 7) is 10.9. The van der Waals surface area contributed by atoms with Crippen molar-refractivity contribution in [2.75, 3.05) is 36.5 Å². The maximum absolute atomic E-state index is 11.8. The van der Waals surface area contributed by atoms with Crippen LogP contribution in [0.2, 0.25) is 0 Å². The number of aromatic nitrogens is 2. The molecule has 1 aromatic rings. The second-order valence-electron chi connectivity index (χ2n) is 8.39. The number of hydrogen-bond donors (Lipinski definition) is 2. The molecule has 3 heterocycles. The van der Waals surface area contributed by atoms with Gasteiger partial charge in [0.05, 0.1) is 18.1 Å². The zero-order valence-electron chi connectivity index (χ0n) is 15.9. The summed E-state index contributed by atoms with van der Waals surface area (Å²) >= 11 is 0. The zero-order valence-corrected chi connectivity index (χ0v) is 15.9. The number of nitrogens with zero attached hydrogens (tertiary/aromatic N) is 4. The average molecular weight is 364 g/mol. The fourth-order valence-corrected chi connectivity index (χ4v) is 4.27. The molecule has 2 aliphatic heterocycles. The van der Waals surface area contributed by atoms with Crippen molar-refractivity contribution in [1.82, 2.24) is 15.3 Å². The van der Waals surface area contributed by atoms with Gasteiger partial charge in [0.1, 0.15) is 6.33 Å². The lowest BCUT2D eigenvalue weighted by Gasteiger charge is -2.46. The first-order chi connectivity index (χ1) is 12.2. The van der Waals surface area contributed by atoms with Gasteiger partial charge in [0.25, 0.3) is 0 Å². The maximum Gasteiger partial charge on any atom is 0.353 e. The number of nitro groups is 1. The predicted molar refractivity (Wildman–Crippen MR) is 99.7 cm³/mol. The highest BCUT2D eigenvalue weighted by molar-refractivity contribution is 5.70. The third kappa shape index (κ3) is 4.21. The summed E-state index contributed by atoms with van der Waals surface area (Å²) in [6.07, 6.45) is 3.10. The fourth-order valence-electron chi connectivity index (χ4n) is 4.27. The van der Waals surface area contributed by atoms with Gasteiger partial charge in [0.15, 0.2) is 0 Å². The Morgan fingerprint density at radius 2 is 1.85 bits per heavy atom. The highest BCUT2D eigenvalue weighted by Gasteiger charge is 2.39. The number of rotatable bonds is 4. The average Bonchev–Trinajstić information content (AvgIpc) is 2.52. The quantitative estimate of drug-likeness (QED) is 0.617. The van der Waals surface area contributed by atoms with E-state index in [-0.39, 0.29) is 27.7 Å². The minimum absolute atomic E-state index is 0.0523. The molecule has 0 unspecified atom stereocenters. The van der Waals surface area contributed by atoms with Gasteiger partial charge in [-0.2, -0.15) is 0 Å².